The second-order valence-corrected chi connectivity index (χ2v) is 4.14. The zero-order valence-corrected chi connectivity index (χ0v) is 11.2. The number of hydrogen-bond donors (Lipinski definition) is 1. The standard InChI is InChI=1S/C13H17N3O3/c1-8(7-14)12-15-13(19-16-12)9-5-4-6-10(17-2)11(9)18-3/h4-6,8H,7,14H2,1-3H3. The van der Waals surface area contributed by atoms with Crippen LogP contribution in [0.5, 0.6) is 11.5 Å². The fourth-order valence-electron chi connectivity index (χ4n) is 1.71. The summed E-state index contributed by atoms with van der Waals surface area (Å²) in [6.45, 7) is 2.41. The van der Waals surface area contributed by atoms with Crippen LogP contribution in [0, 0.1) is 0 Å². The zero-order chi connectivity index (χ0) is 13.8. The van der Waals surface area contributed by atoms with Crippen molar-refractivity contribution < 1.29 is 14.0 Å². The molecule has 0 aliphatic rings. The average Bonchev–Trinajstić information content (AvgIpc) is 2.95. The zero-order valence-electron chi connectivity index (χ0n) is 11.2. The summed E-state index contributed by atoms with van der Waals surface area (Å²) in [6, 6.07) is 5.49. The van der Waals surface area contributed by atoms with Crippen LogP contribution in [0.1, 0.15) is 18.7 Å². The van der Waals surface area contributed by atoms with Crippen LogP contribution in [-0.4, -0.2) is 30.9 Å². The molecule has 6 heteroatoms. The lowest BCUT2D eigenvalue weighted by Crippen LogP contribution is -2.10. The van der Waals surface area contributed by atoms with E-state index >= 15 is 0 Å². The minimum atomic E-state index is 0.0501. The number of aromatic nitrogens is 2. The Hall–Kier alpha value is -2.08. The third-order valence-corrected chi connectivity index (χ3v) is 2.87. The first-order valence-corrected chi connectivity index (χ1v) is 5.96. The Balaban J connectivity index is 2.44. The van der Waals surface area contributed by atoms with Crippen molar-refractivity contribution in [2.75, 3.05) is 20.8 Å². The molecule has 0 saturated heterocycles. The van der Waals surface area contributed by atoms with Crippen molar-refractivity contribution in [2.24, 2.45) is 5.73 Å². The van der Waals surface area contributed by atoms with Gasteiger partial charge in [-0.1, -0.05) is 18.1 Å². The minimum Gasteiger partial charge on any atom is -0.493 e. The lowest BCUT2D eigenvalue weighted by Gasteiger charge is -2.09. The monoisotopic (exact) mass is 263 g/mol. The molecule has 0 saturated carbocycles. The molecule has 0 bridgehead atoms. The summed E-state index contributed by atoms with van der Waals surface area (Å²) in [7, 11) is 3.15. The first kappa shape index (κ1) is 13.4. The summed E-state index contributed by atoms with van der Waals surface area (Å²) in [5, 5.41) is 3.93. The molecule has 0 fully saturated rings. The van der Waals surface area contributed by atoms with Crippen LogP contribution < -0.4 is 15.2 Å². The SMILES string of the molecule is COc1cccc(-c2nc(C(C)CN)no2)c1OC. The lowest BCUT2D eigenvalue weighted by molar-refractivity contribution is 0.353. The summed E-state index contributed by atoms with van der Waals surface area (Å²) in [6.07, 6.45) is 0. The number of hydrogen-bond acceptors (Lipinski definition) is 6. The van der Waals surface area contributed by atoms with Gasteiger partial charge in [-0.15, -0.1) is 0 Å². The van der Waals surface area contributed by atoms with E-state index < -0.39 is 0 Å². The Bertz CT molecular complexity index is 554. The minimum absolute atomic E-state index is 0.0501. The predicted molar refractivity (Wildman–Crippen MR) is 70.3 cm³/mol. The van der Waals surface area contributed by atoms with Gasteiger partial charge < -0.3 is 19.7 Å². The molecule has 1 heterocycles. The number of rotatable bonds is 5. The summed E-state index contributed by atoms with van der Waals surface area (Å²) >= 11 is 0. The summed E-state index contributed by atoms with van der Waals surface area (Å²) < 4.78 is 15.8. The number of ether oxygens (including phenoxy) is 2. The van der Waals surface area contributed by atoms with Gasteiger partial charge in [0.05, 0.1) is 19.8 Å². The molecule has 0 aliphatic carbocycles. The highest BCUT2D eigenvalue weighted by molar-refractivity contribution is 5.67. The molecule has 0 amide bonds. The molecular formula is C13H17N3O3. The van der Waals surface area contributed by atoms with Crippen LogP contribution in [0.15, 0.2) is 22.7 Å². The van der Waals surface area contributed by atoms with Crippen LogP contribution in [0.25, 0.3) is 11.5 Å². The molecule has 2 aromatic rings. The van der Waals surface area contributed by atoms with Gasteiger partial charge >= 0.3 is 0 Å². The average molecular weight is 263 g/mol. The van der Waals surface area contributed by atoms with Crippen molar-refractivity contribution in [1.29, 1.82) is 0 Å². The number of nitrogens with two attached hydrogens (primary N) is 1. The number of nitrogens with zero attached hydrogens (tertiary/aromatic N) is 2. The Morgan fingerprint density at radius 3 is 2.74 bits per heavy atom. The molecule has 1 aromatic heterocycles. The molecule has 2 N–H and O–H groups in total. The Morgan fingerprint density at radius 2 is 2.11 bits per heavy atom. The van der Waals surface area contributed by atoms with Gasteiger partial charge in [0, 0.05) is 12.5 Å². The fraction of sp³-hybridized carbons (Fsp3) is 0.385. The van der Waals surface area contributed by atoms with E-state index in [1.807, 2.05) is 25.1 Å². The second kappa shape index (κ2) is 5.71. The largest absolute Gasteiger partial charge is 0.493 e. The van der Waals surface area contributed by atoms with E-state index in [4.69, 9.17) is 19.7 Å². The normalized spacial score (nSPS) is 12.2. The van der Waals surface area contributed by atoms with Crippen molar-refractivity contribution in [1.82, 2.24) is 10.1 Å². The van der Waals surface area contributed by atoms with E-state index in [1.54, 1.807) is 14.2 Å². The number of methoxy groups -OCH3 is 2. The van der Waals surface area contributed by atoms with Crippen molar-refractivity contribution in [3.8, 4) is 23.0 Å². The molecule has 1 unspecified atom stereocenters. The Labute approximate surface area is 111 Å². The molecule has 19 heavy (non-hydrogen) atoms. The molecule has 0 radical (unpaired) electrons. The maximum Gasteiger partial charge on any atom is 0.261 e. The van der Waals surface area contributed by atoms with Gasteiger partial charge in [-0.3, -0.25) is 0 Å². The highest BCUT2D eigenvalue weighted by Gasteiger charge is 2.18. The smallest absolute Gasteiger partial charge is 0.261 e. The molecular weight excluding hydrogens is 246 g/mol. The molecule has 102 valence electrons. The van der Waals surface area contributed by atoms with Gasteiger partial charge in [0.25, 0.3) is 5.89 Å². The van der Waals surface area contributed by atoms with Crippen molar-refractivity contribution >= 4 is 0 Å². The molecule has 6 nitrogen and oxygen atoms in total. The first-order chi connectivity index (χ1) is 9.21. The van der Waals surface area contributed by atoms with Gasteiger partial charge in [0.15, 0.2) is 17.3 Å². The lowest BCUT2D eigenvalue weighted by atomic mass is 10.1. The van der Waals surface area contributed by atoms with E-state index in [9.17, 15) is 0 Å². The highest BCUT2D eigenvalue weighted by atomic mass is 16.5. The van der Waals surface area contributed by atoms with Gasteiger partial charge in [-0.25, -0.2) is 0 Å². The van der Waals surface area contributed by atoms with E-state index in [0.29, 0.717) is 35.3 Å². The van der Waals surface area contributed by atoms with Crippen molar-refractivity contribution in [3.63, 3.8) is 0 Å². The van der Waals surface area contributed by atoms with Crippen molar-refractivity contribution in [3.05, 3.63) is 24.0 Å². The Kier molecular flexibility index (Phi) is 4.01. The first-order valence-electron chi connectivity index (χ1n) is 5.96. The third kappa shape index (κ3) is 2.53. The van der Waals surface area contributed by atoms with Gasteiger partial charge in [0.1, 0.15) is 0 Å². The molecule has 0 spiro atoms. The topological polar surface area (TPSA) is 83.4 Å². The quantitative estimate of drug-likeness (QED) is 0.885. The van der Waals surface area contributed by atoms with Crippen LogP contribution in [-0.2, 0) is 0 Å². The van der Waals surface area contributed by atoms with Crippen LogP contribution in [0.2, 0.25) is 0 Å². The number of benzene rings is 1. The molecule has 2 rings (SSSR count). The fourth-order valence-corrected chi connectivity index (χ4v) is 1.71. The third-order valence-electron chi connectivity index (χ3n) is 2.87. The molecule has 1 atom stereocenters. The van der Waals surface area contributed by atoms with Crippen molar-refractivity contribution in [2.45, 2.75) is 12.8 Å². The summed E-state index contributed by atoms with van der Waals surface area (Å²) in [5.74, 6) is 2.22. The van der Waals surface area contributed by atoms with Crippen LogP contribution in [0.3, 0.4) is 0 Å². The highest BCUT2D eigenvalue weighted by Crippen LogP contribution is 2.37. The van der Waals surface area contributed by atoms with E-state index in [-0.39, 0.29) is 5.92 Å². The van der Waals surface area contributed by atoms with Crippen LogP contribution in [0.4, 0.5) is 0 Å². The summed E-state index contributed by atoms with van der Waals surface area (Å²) in [5.41, 5.74) is 6.29. The van der Waals surface area contributed by atoms with Gasteiger partial charge in [0.2, 0.25) is 0 Å². The van der Waals surface area contributed by atoms with E-state index in [0.717, 1.165) is 0 Å². The predicted octanol–water partition coefficient (Wildman–Crippen LogP) is 1.82. The second-order valence-electron chi connectivity index (χ2n) is 4.14. The van der Waals surface area contributed by atoms with Crippen LogP contribution >= 0.6 is 0 Å². The maximum absolute atomic E-state index is 5.59. The molecule has 0 aliphatic heterocycles. The Morgan fingerprint density at radius 1 is 1.32 bits per heavy atom. The molecule has 1 aromatic carbocycles. The van der Waals surface area contributed by atoms with Gasteiger partial charge in [-0.2, -0.15) is 4.98 Å². The van der Waals surface area contributed by atoms with E-state index in [1.165, 1.54) is 0 Å². The van der Waals surface area contributed by atoms with E-state index in [2.05, 4.69) is 10.1 Å². The number of para-hydroxylation sites is 1. The maximum atomic E-state index is 5.59. The van der Waals surface area contributed by atoms with Gasteiger partial charge in [-0.05, 0) is 12.1 Å². The summed E-state index contributed by atoms with van der Waals surface area (Å²) in [4.78, 5) is 4.34.